The second-order valence-electron chi connectivity index (χ2n) is 4.85. The summed E-state index contributed by atoms with van der Waals surface area (Å²) in [5, 5.41) is 2.53. The summed E-state index contributed by atoms with van der Waals surface area (Å²) in [6.45, 7) is 3.10. The summed E-state index contributed by atoms with van der Waals surface area (Å²) in [6, 6.07) is 0.197. The van der Waals surface area contributed by atoms with Crippen LogP contribution in [0.15, 0.2) is 16.5 Å². The normalized spacial score (nSPS) is 36.9. The molecule has 5 nitrogen and oxygen atoms in total. The Kier molecular flexibility index (Phi) is 2.70. The van der Waals surface area contributed by atoms with Crippen LogP contribution in [0.25, 0.3) is 0 Å². The number of fused-ring (bicyclic) bond motifs is 1. The predicted octanol–water partition coefficient (Wildman–Crippen LogP) is 1.50. The summed E-state index contributed by atoms with van der Waals surface area (Å²) in [6.07, 6.45) is 2.27. The van der Waals surface area contributed by atoms with E-state index in [4.69, 9.17) is 16.6 Å². The van der Waals surface area contributed by atoms with E-state index in [0.29, 0.717) is 19.1 Å². The second-order valence-corrected chi connectivity index (χ2v) is 5.71. The zero-order valence-corrected chi connectivity index (χ0v) is 11.1. The SMILES string of the molecule is [2H]c1csc([C@]23CO[C@@H](C)C[C@H]2CCOC(N)=N3)n1. The van der Waals surface area contributed by atoms with E-state index in [1.165, 1.54) is 11.3 Å². The maximum absolute atomic E-state index is 7.63. The van der Waals surface area contributed by atoms with Crippen LogP contribution in [-0.4, -0.2) is 30.3 Å². The summed E-state index contributed by atoms with van der Waals surface area (Å²) in [5.74, 6) is 0.294. The van der Waals surface area contributed by atoms with E-state index in [0.717, 1.165) is 17.8 Å². The average molecular weight is 268 g/mol. The molecule has 0 amide bonds. The number of hydrogen-bond acceptors (Lipinski definition) is 6. The van der Waals surface area contributed by atoms with Crippen molar-refractivity contribution in [1.82, 2.24) is 4.98 Å². The van der Waals surface area contributed by atoms with Crippen molar-refractivity contribution >= 4 is 17.4 Å². The number of aliphatic imine (C=N–C) groups is 1. The Morgan fingerprint density at radius 3 is 3.33 bits per heavy atom. The highest BCUT2D eigenvalue weighted by Gasteiger charge is 2.48. The molecule has 2 aliphatic heterocycles. The number of nitrogens with two attached hydrogens (primary N) is 1. The smallest absolute Gasteiger partial charge is 0.282 e. The molecule has 0 aliphatic carbocycles. The van der Waals surface area contributed by atoms with Crippen molar-refractivity contribution in [3.63, 3.8) is 0 Å². The van der Waals surface area contributed by atoms with E-state index in [1.54, 1.807) is 5.38 Å². The van der Waals surface area contributed by atoms with Crippen LogP contribution >= 0.6 is 11.3 Å². The maximum Gasteiger partial charge on any atom is 0.282 e. The number of hydrogen-bond donors (Lipinski definition) is 1. The van der Waals surface area contributed by atoms with Crippen molar-refractivity contribution in [2.45, 2.75) is 31.4 Å². The zero-order chi connectivity index (χ0) is 13.5. The fraction of sp³-hybridized carbons (Fsp3) is 0.667. The highest BCUT2D eigenvalue weighted by atomic mass is 32.1. The van der Waals surface area contributed by atoms with E-state index in [-0.39, 0.29) is 18.3 Å². The number of ether oxygens (including phenoxy) is 2. The van der Waals surface area contributed by atoms with Crippen molar-refractivity contribution in [2.24, 2.45) is 16.6 Å². The van der Waals surface area contributed by atoms with Crippen LogP contribution in [0.5, 0.6) is 0 Å². The van der Waals surface area contributed by atoms with E-state index in [2.05, 4.69) is 16.9 Å². The predicted molar refractivity (Wildman–Crippen MR) is 69.5 cm³/mol. The average Bonchev–Trinajstić information content (AvgIpc) is 2.72. The summed E-state index contributed by atoms with van der Waals surface area (Å²) < 4.78 is 18.8. The summed E-state index contributed by atoms with van der Waals surface area (Å²) in [5.41, 5.74) is 5.24. The number of thiazole rings is 1. The summed E-state index contributed by atoms with van der Waals surface area (Å²) >= 11 is 1.45. The lowest BCUT2D eigenvalue weighted by molar-refractivity contribution is -0.0540. The molecular formula is C12H17N3O2S. The molecule has 3 heterocycles. The van der Waals surface area contributed by atoms with E-state index >= 15 is 0 Å². The van der Waals surface area contributed by atoms with Gasteiger partial charge in [-0.3, -0.25) is 0 Å². The first-order valence-corrected chi connectivity index (χ1v) is 7.00. The fourth-order valence-electron chi connectivity index (χ4n) is 2.74. The molecule has 6 heteroatoms. The van der Waals surface area contributed by atoms with Gasteiger partial charge in [0.1, 0.15) is 10.5 Å². The first kappa shape index (κ1) is 10.8. The van der Waals surface area contributed by atoms with Gasteiger partial charge in [0.05, 0.1) is 20.7 Å². The van der Waals surface area contributed by atoms with Gasteiger partial charge >= 0.3 is 0 Å². The minimum Gasteiger partial charge on any atom is -0.465 e. The van der Waals surface area contributed by atoms with Crippen LogP contribution < -0.4 is 5.73 Å². The number of amidine groups is 1. The molecule has 0 bridgehead atoms. The monoisotopic (exact) mass is 268 g/mol. The Balaban J connectivity index is 2.06. The maximum atomic E-state index is 7.63. The lowest BCUT2D eigenvalue weighted by Gasteiger charge is -2.40. The molecule has 3 rings (SSSR count). The second kappa shape index (κ2) is 4.51. The number of nitrogens with zero attached hydrogens (tertiary/aromatic N) is 2. The van der Waals surface area contributed by atoms with Gasteiger partial charge in [-0.05, 0) is 25.7 Å². The largest absolute Gasteiger partial charge is 0.465 e. The van der Waals surface area contributed by atoms with Gasteiger partial charge in [-0.15, -0.1) is 11.3 Å². The number of aromatic nitrogens is 1. The Hall–Kier alpha value is -1.14. The molecule has 98 valence electrons. The van der Waals surface area contributed by atoms with E-state index in [9.17, 15) is 0 Å². The lowest BCUT2D eigenvalue weighted by atomic mass is 9.78. The Labute approximate surface area is 111 Å². The van der Waals surface area contributed by atoms with Gasteiger partial charge in [0, 0.05) is 11.6 Å². The molecule has 1 aromatic rings. The third-order valence-corrected chi connectivity index (χ3v) is 4.56. The van der Waals surface area contributed by atoms with Crippen molar-refractivity contribution in [3.05, 3.63) is 16.6 Å². The quantitative estimate of drug-likeness (QED) is 0.838. The molecule has 0 saturated carbocycles. The summed E-state index contributed by atoms with van der Waals surface area (Å²) in [4.78, 5) is 8.86. The highest BCUT2D eigenvalue weighted by Crippen LogP contribution is 2.44. The van der Waals surface area contributed by atoms with Gasteiger partial charge in [-0.1, -0.05) is 0 Å². The van der Waals surface area contributed by atoms with Crippen molar-refractivity contribution in [3.8, 4) is 0 Å². The molecule has 1 fully saturated rings. The lowest BCUT2D eigenvalue weighted by Crippen LogP contribution is -2.45. The molecule has 2 N–H and O–H groups in total. The van der Waals surface area contributed by atoms with Gasteiger partial charge in [0.25, 0.3) is 6.02 Å². The molecule has 0 aromatic carbocycles. The Morgan fingerprint density at radius 2 is 2.56 bits per heavy atom. The van der Waals surface area contributed by atoms with Gasteiger partial charge in [0.2, 0.25) is 0 Å². The van der Waals surface area contributed by atoms with Crippen LogP contribution in [0.4, 0.5) is 0 Å². The van der Waals surface area contributed by atoms with Crippen LogP contribution in [0.1, 0.15) is 26.1 Å². The first-order chi connectivity index (χ1) is 9.10. The fourth-order valence-corrected chi connectivity index (χ4v) is 3.54. The zero-order valence-electron chi connectivity index (χ0n) is 11.3. The standard InChI is InChI=1S/C12H17N3O2S/c1-8-6-9-2-4-16-11(13)15-12(9,7-17-8)10-14-3-5-18-10/h3,5,8-9H,2,4,6-7H2,1H3,(H2,13,15)/t8-,9+,12-/m0/s1/i3D. The van der Waals surface area contributed by atoms with Crippen molar-refractivity contribution in [2.75, 3.05) is 13.2 Å². The minimum atomic E-state index is -0.572. The van der Waals surface area contributed by atoms with Gasteiger partial charge in [-0.25, -0.2) is 9.98 Å². The molecule has 2 aliphatic rings. The number of rotatable bonds is 1. The van der Waals surface area contributed by atoms with Gasteiger partial charge in [0.15, 0.2) is 0 Å². The topological polar surface area (TPSA) is 69.7 Å². The van der Waals surface area contributed by atoms with Crippen LogP contribution in [-0.2, 0) is 15.0 Å². The molecule has 1 aromatic heterocycles. The summed E-state index contributed by atoms with van der Waals surface area (Å²) in [7, 11) is 0. The molecule has 18 heavy (non-hydrogen) atoms. The van der Waals surface area contributed by atoms with Crippen molar-refractivity contribution < 1.29 is 10.8 Å². The molecule has 0 spiro atoms. The Morgan fingerprint density at radius 1 is 1.67 bits per heavy atom. The van der Waals surface area contributed by atoms with E-state index in [1.807, 2.05) is 0 Å². The molecular weight excluding hydrogens is 250 g/mol. The highest BCUT2D eigenvalue weighted by molar-refractivity contribution is 7.09. The van der Waals surface area contributed by atoms with Crippen LogP contribution in [0.3, 0.4) is 0 Å². The molecule has 0 unspecified atom stereocenters. The van der Waals surface area contributed by atoms with Crippen LogP contribution in [0, 0.1) is 5.92 Å². The first-order valence-electron chi connectivity index (χ1n) is 6.62. The Bertz CT molecular complexity index is 507. The van der Waals surface area contributed by atoms with Gasteiger partial charge in [-0.2, -0.15) is 0 Å². The minimum absolute atomic E-state index is 0.197. The van der Waals surface area contributed by atoms with Crippen molar-refractivity contribution in [1.29, 1.82) is 0 Å². The third kappa shape index (κ3) is 1.89. The molecule has 3 atom stereocenters. The van der Waals surface area contributed by atoms with Crippen LogP contribution in [0.2, 0.25) is 0 Å². The molecule has 0 radical (unpaired) electrons. The molecule has 1 saturated heterocycles. The third-order valence-electron chi connectivity index (χ3n) is 3.67. The van der Waals surface area contributed by atoms with E-state index < -0.39 is 5.54 Å². The van der Waals surface area contributed by atoms with Gasteiger partial charge < -0.3 is 15.2 Å².